The van der Waals surface area contributed by atoms with E-state index in [0.29, 0.717) is 16.5 Å². The molecular formula is C24H16F3N3O6. The van der Waals surface area contributed by atoms with Gasteiger partial charge >= 0.3 is 18.2 Å². The largest absolute Gasteiger partial charge is 0.452 e. The van der Waals surface area contributed by atoms with Crippen molar-refractivity contribution in [2.45, 2.75) is 6.18 Å². The van der Waals surface area contributed by atoms with E-state index >= 15 is 0 Å². The minimum absolute atomic E-state index is 0.0347. The number of alkyl halides is 3. The number of imide groups is 2. The minimum atomic E-state index is -4.65. The van der Waals surface area contributed by atoms with Crippen molar-refractivity contribution >= 4 is 46.2 Å². The van der Waals surface area contributed by atoms with E-state index in [0.717, 1.165) is 10.3 Å². The van der Waals surface area contributed by atoms with Gasteiger partial charge in [0.2, 0.25) is 0 Å². The third-order valence-electron chi connectivity index (χ3n) is 5.17. The zero-order valence-electron chi connectivity index (χ0n) is 18.2. The standard InChI is InChI=1S/C24H16F3N3O6/c25-24(26,27)12-28-23(35)29-18(31)11-36-22(34)14-7-9-15(10-8-14)30-20(32)16-5-1-3-13-4-2-6-17(19(13)16)21(30)33/h1-10H,11-12H2,(H2,28,29,31,35). The van der Waals surface area contributed by atoms with Crippen LogP contribution in [0.25, 0.3) is 10.8 Å². The molecule has 0 spiro atoms. The number of anilines is 1. The predicted molar refractivity (Wildman–Crippen MR) is 119 cm³/mol. The molecule has 0 aromatic heterocycles. The molecule has 3 aromatic rings. The van der Waals surface area contributed by atoms with Gasteiger partial charge in [-0.3, -0.25) is 19.7 Å². The average Bonchev–Trinajstić information content (AvgIpc) is 2.84. The number of ether oxygens (including phenoxy) is 1. The highest BCUT2D eigenvalue weighted by Crippen LogP contribution is 2.32. The molecule has 1 aliphatic heterocycles. The monoisotopic (exact) mass is 499 g/mol. The van der Waals surface area contributed by atoms with Gasteiger partial charge in [0.05, 0.1) is 11.3 Å². The van der Waals surface area contributed by atoms with Crippen LogP contribution in [0.5, 0.6) is 0 Å². The second-order valence-corrected chi connectivity index (χ2v) is 7.62. The van der Waals surface area contributed by atoms with E-state index in [4.69, 9.17) is 4.74 Å². The third-order valence-corrected chi connectivity index (χ3v) is 5.17. The summed E-state index contributed by atoms with van der Waals surface area (Å²) in [5.74, 6) is -3.17. The Labute approximate surface area is 200 Å². The van der Waals surface area contributed by atoms with Crippen LogP contribution in [0.3, 0.4) is 0 Å². The number of nitrogens with zero attached hydrogens (tertiary/aromatic N) is 1. The highest BCUT2D eigenvalue weighted by atomic mass is 19.4. The van der Waals surface area contributed by atoms with Crippen molar-refractivity contribution in [2.75, 3.05) is 18.1 Å². The van der Waals surface area contributed by atoms with Crippen LogP contribution in [0, 0.1) is 0 Å². The van der Waals surface area contributed by atoms with Crippen LogP contribution >= 0.6 is 0 Å². The van der Waals surface area contributed by atoms with Crippen LogP contribution in [0.2, 0.25) is 0 Å². The van der Waals surface area contributed by atoms with Crippen LogP contribution in [-0.4, -0.2) is 49.0 Å². The molecule has 3 aromatic carbocycles. The first-order chi connectivity index (χ1) is 17.0. The Balaban J connectivity index is 1.40. The number of nitrogens with one attached hydrogen (secondary N) is 2. The molecule has 184 valence electrons. The number of esters is 1. The normalized spacial score (nSPS) is 12.9. The number of benzene rings is 3. The molecule has 0 bridgehead atoms. The zero-order chi connectivity index (χ0) is 26.0. The highest BCUT2D eigenvalue weighted by Gasteiger charge is 2.34. The van der Waals surface area contributed by atoms with Gasteiger partial charge in [-0.1, -0.05) is 24.3 Å². The summed E-state index contributed by atoms with van der Waals surface area (Å²) in [6, 6.07) is 14.1. The van der Waals surface area contributed by atoms with E-state index in [-0.39, 0.29) is 11.3 Å². The van der Waals surface area contributed by atoms with Gasteiger partial charge in [0.25, 0.3) is 17.7 Å². The van der Waals surface area contributed by atoms with Crippen molar-refractivity contribution in [1.29, 1.82) is 0 Å². The molecule has 0 saturated heterocycles. The second kappa shape index (κ2) is 9.49. The Morgan fingerprint density at radius 3 is 2.00 bits per heavy atom. The fraction of sp³-hybridized carbons (Fsp3) is 0.125. The first-order valence-corrected chi connectivity index (χ1v) is 10.4. The molecule has 0 saturated carbocycles. The molecule has 0 fully saturated rings. The molecule has 0 unspecified atom stereocenters. The number of carbonyl (C=O) groups is 5. The van der Waals surface area contributed by atoms with Crippen molar-refractivity contribution in [2.24, 2.45) is 0 Å². The number of amides is 5. The van der Waals surface area contributed by atoms with E-state index in [9.17, 15) is 37.1 Å². The summed E-state index contributed by atoms with van der Waals surface area (Å²) in [6.45, 7) is -2.56. The summed E-state index contributed by atoms with van der Waals surface area (Å²) in [7, 11) is 0. The Morgan fingerprint density at radius 2 is 1.44 bits per heavy atom. The molecule has 1 aliphatic rings. The third kappa shape index (κ3) is 5.02. The Hall–Kier alpha value is -4.74. The quantitative estimate of drug-likeness (QED) is 0.411. The lowest BCUT2D eigenvalue weighted by molar-refractivity contribution is -0.125. The van der Waals surface area contributed by atoms with Crippen molar-refractivity contribution < 1.29 is 41.9 Å². The Kier molecular flexibility index (Phi) is 6.43. The maximum absolute atomic E-state index is 13.1. The van der Waals surface area contributed by atoms with Crippen LogP contribution in [-0.2, 0) is 9.53 Å². The molecule has 0 atom stereocenters. The Morgan fingerprint density at radius 1 is 0.861 bits per heavy atom. The summed E-state index contributed by atoms with van der Waals surface area (Å²) in [5.41, 5.74) is 0.882. The van der Waals surface area contributed by atoms with Gasteiger partial charge in [0, 0.05) is 16.5 Å². The molecular weight excluding hydrogens is 483 g/mol. The number of hydrogen-bond acceptors (Lipinski definition) is 6. The number of halogens is 3. The summed E-state index contributed by atoms with van der Waals surface area (Å²) in [4.78, 5) is 62.2. The molecule has 0 aliphatic carbocycles. The van der Waals surface area contributed by atoms with Gasteiger partial charge in [0.15, 0.2) is 6.61 Å². The van der Waals surface area contributed by atoms with Crippen LogP contribution < -0.4 is 15.5 Å². The van der Waals surface area contributed by atoms with Gasteiger partial charge in [-0.05, 0) is 41.8 Å². The van der Waals surface area contributed by atoms with Gasteiger partial charge in [-0.15, -0.1) is 0 Å². The van der Waals surface area contributed by atoms with Crippen molar-refractivity contribution in [3.63, 3.8) is 0 Å². The highest BCUT2D eigenvalue weighted by molar-refractivity contribution is 6.35. The number of urea groups is 1. The maximum Gasteiger partial charge on any atom is 0.405 e. The van der Waals surface area contributed by atoms with E-state index in [1.807, 2.05) is 0 Å². The van der Waals surface area contributed by atoms with Gasteiger partial charge in [-0.2, -0.15) is 13.2 Å². The van der Waals surface area contributed by atoms with E-state index in [1.54, 1.807) is 41.7 Å². The van der Waals surface area contributed by atoms with Crippen molar-refractivity contribution in [1.82, 2.24) is 10.6 Å². The number of hydrogen-bond donors (Lipinski definition) is 2. The summed E-state index contributed by atoms with van der Waals surface area (Å²) >= 11 is 0. The molecule has 36 heavy (non-hydrogen) atoms. The topological polar surface area (TPSA) is 122 Å². The molecule has 4 rings (SSSR count). The lowest BCUT2D eigenvalue weighted by atomic mass is 9.94. The Bertz CT molecular complexity index is 1350. The second-order valence-electron chi connectivity index (χ2n) is 7.62. The van der Waals surface area contributed by atoms with Gasteiger partial charge in [0.1, 0.15) is 6.54 Å². The maximum atomic E-state index is 13.1. The SMILES string of the molecule is O=C(COC(=O)c1ccc(N2C(=O)c3cccc4cccc(c34)C2=O)cc1)NC(=O)NCC(F)(F)F. The molecule has 0 radical (unpaired) electrons. The lowest BCUT2D eigenvalue weighted by Gasteiger charge is -2.27. The molecule has 5 amide bonds. The fourth-order valence-corrected chi connectivity index (χ4v) is 3.61. The molecule has 2 N–H and O–H groups in total. The summed E-state index contributed by atoms with van der Waals surface area (Å²) < 4.78 is 40.9. The van der Waals surface area contributed by atoms with E-state index < -0.39 is 49.0 Å². The van der Waals surface area contributed by atoms with E-state index in [1.165, 1.54) is 29.6 Å². The number of rotatable bonds is 5. The van der Waals surface area contributed by atoms with E-state index in [2.05, 4.69) is 0 Å². The van der Waals surface area contributed by atoms with Crippen molar-refractivity contribution in [3.05, 3.63) is 77.4 Å². The summed E-state index contributed by atoms with van der Waals surface area (Å²) in [6.07, 6.45) is -4.65. The lowest BCUT2D eigenvalue weighted by Crippen LogP contribution is -2.44. The average molecular weight is 499 g/mol. The first kappa shape index (κ1) is 24.4. The minimum Gasteiger partial charge on any atom is -0.452 e. The van der Waals surface area contributed by atoms with Crippen molar-refractivity contribution in [3.8, 4) is 0 Å². The van der Waals surface area contributed by atoms with Gasteiger partial charge in [-0.25, -0.2) is 14.5 Å². The molecule has 12 heteroatoms. The predicted octanol–water partition coefficient (Wildman–Crippen LogP) is 3.19. The fourth-order valence-electron chi connectivity index (χ4n) is 3.61. The summed E-state index contributed by atoms with van der Waals surface area (Å²) in [5, 5.41) is 4.35. The zero-order valence-corrected chi connectivity index (χ0v) is 18.2. The van der Waals surface area contributed by atoms with Crippen LogP contribution in [0.1, 0.15) is 31.1 Å². The first-order valence-electron chi connectivity index (χ1n) is 10.4. The van der Waals surface area contributed by atoms with Crippen LogP contribution in [0.4, 0.5) is 23.7 Å². The molecule has 9 nitrogen and oxygen atoms in total. The smallest absolute Gasteiger partial charge is 0.405 e. The number of carbonyl (C=O) groups excluding carboxylic acids is 5. The molecule has 1 heterocycles. The van der Waals surface area contributed by atoms with Gasteiger partial charge < -0.3 is 10.1 Å². The van der Waals surface area contributed by atoms with Crippen LogP contribution in [0.15, 0.2) is 60.7 Å².